The van der Waals surface area contributed by atoms with Crippen molar-refractivity contribution in [1.82, 2.24) is 0 Å². The number of thioether (sulfide) groups is 1. The van der Waals surface area contributed by atoms with Gasteiger partial charge in [0.15, 0.2) is 0 Å². The zero-order chi connectivity index (χ0) is 11.4. The van der Waals surface area contributed by atoms with E-state index in [0.717, 1.165) is 10.9 Å². The molecule has 0 saturated carbocycles. The first-order valence-electron chi connectivity index (χ1n) is 5.19. The van der Waals surface area contributed by atoms with Gasteiger partial charge >= 0.3 is 0 Å². The van der Waals surface area contributed by atoms with Crippen LogP contribution in [-0.4, -0.2) is 11.3 Å². The van der Waals surface area contributed by atoms with E-state index in [-0.39, 0.29) is 6.04 Å². The van der Waals surface area contributed by atoms with Crippen molar-refractivity contribution in [3.8, 4) is 0 Å². The smallest absolute Gasteiger partial charge is 0.0186 e. The van der Waals surface area contributed by atoms with Crippen LogP contribution in [0.5, 0.6) is 0 Å². The summed E-state index contributed by atoms with van der Waals surface area (Å²) >= 11 is 5.40. The Balaban J connectivity index is 2.92. The molecule has 1 aromatic rings. The fourth-order valence-electron chi connectivity index (χ4n) is 1.41. The van der Waals surface area contributed by atoms with Crippen LogP contribution in [0.25, 0.3) is 0 Å². The molecule has 15 heavy (non-hydrogen) atoms. The van der Waals surface area contributed by atoms with E-state index in [2.05, 4.69) is 48.0 Å². The number of benzene rings is 1. The van der Waals surface area contributed by atoms with Crippen molar-refractivity contribution in [1.29, 1.82) is 0 Å². The summed E-state index contributed by atoms with van der Waals surface area (Å²) in [6, 6.07) is 6.65. The minimum atomic E-state index is 0.220. The van der Waals surface area contributed by atoms with Crippen molar-refractivity contribution < 1.29 is 0 Å². The van der Waals surface area contributed by atoms with Crippen LogP contribution in [0.4, 0.5) is 0 Å². The summed E-state index contributed by atoms with van der Waals surface area (Å²) in [5.41, 5.74) is 7.19. The van der Waals surface area contributed by atoms with Gasteiger partial charge in [-0.05, 0) is 31.0 Å². The van der Waals surface area contributed by atoms with Crippen LogP contribution in [0.2, 0.25) is 0 Å². The molecule has 1 nitrogen and oxygen atoms in total. The largest absolute Gasteiger partial charge is 0.328 e. The third kappa shape index (κ3) is 4.58. The second-order valence-electron chi connectivity index (χ2n) is 4.10. The first kappa shape index (κ1) is 13.1. The lowest BCUT2D eigenvalue weighted by atomic mass is 10.1. The van der Waals surface area contributed by atoms with Gasteiger partial charge < -0.3 is 5.73 Å². The lowest BCUT2D eigenvalue weighted by Gasteiger charge is -2.13. The van der Waals surface area contributed by atoms with Crippen molar-refractivity contribution in [2.45, 2.75) is 43.4 Å². The molecule has 0 amide bonds. The lowest BCUT2D eigenvalue weighted by molar-refractivity contribution is 0.729. The predicted molar refractivity (Wildman–Crippen MR) is 72.5 cm³/mol. The normalized spacial score (nSPS) is 13.2. The molecule has 0 aliphatic heterocycles. The molecule has 84 valence electrons. The van der Waals surface area contributed by atoms with E-state index in [0.29, 0.717) is 5.25 Å². The minimum Gasteiger partial charge on any atom is -0.328 e. The molecule has 2 N–H and O–H groups in total. The molecule has 1 aromatic carbocycles. The standard InChI is InChI=1S/C12H18BrNS/c1-8(2)15-12-7-11(13)5-4-10(12)6-9(3)14/h4-5,7-9H,6,14H2,1-3H3. The maximum absolute atomic E-state index is 5.84. The fourth-order valence-corrected chi connectivity index (χ4v) is 2.93. The Morgan fingerprint density at radius 3 is 2.53 bits per heavy atom. The molecule has 0 bridgehead atoms. The Labute approximate surface area is 105 Å². The average molecular weight is 288 g/mol. The van der Waals surface area contributed by atoms with Crippen LogP contribution in [0.15, 0.2) is 27.6 Å². The molecule has 0 aliphatic rings. The zero-order valence-electron chi connectivity index (χ0n) is 9.46. The highest BCUT2D eigenvalue weighted by Crippen LogP contribution is 2.30. The molecule has 1 rings (SSSR count). The van der Waals surface area contributed by atoms with Gasteiger partial charge in [0.2, 0.25) is 0 Å². The summed E-state index contributed by atoms with van der Waals surface area (Å²) in [7, 11) is 0. The summed E-state index contributed by atoms with van der Waals surface area (Å²) in [4.78, 5) is 1.34. The topological polar surface area (TPSA) is 26.0 Å². The summed E-state index contributed by atoms with van der Waals surface area (Å²) in [6.07, 6.45) is 0.947. The Hall–Kier alpha value is 0.01000. The van der Waals surface area contributed by atoms with Crippen LogP contribution < -0.4 is 5.73 Å². The minimum absolute atomic E-state index is 0.220. The van der Waals surface area contributed by atoms with E-state index in [1.54, 1.807) is 0 Å². The third-order valence-corrected chi connectivity index (χ3v) is 3.53. The number of hydrogen-bond acceptors (Lipinski definition) is 2. The van der Waals surface area contributed by atoms with Crippen LogP contribution in [-0.2, 0) is 6.42 Å². The van der Waals surface area contributed by atoms with E-state index in [4.69, 9.17) is 5.73 Å². The molecular weight excluding hydrogens is 270 g/mol. The Bertz CT molecular complexity index is 323. The summed E-state index contributed by atoms with van der Waals surface area (Å²) < 4.78 is 1.14. The molecular formula is C12H18BrNS. The lowest BCUT2D eigenvalue weighted by Crippen LogP contribution is -2.18. The van der Waals surface area contributed by atoms with Crippen LogP contribution in [0, 0.1) is 0 Å². The maximum atomic E-state index is 5.84. The van der Waals surface area contributed by atoms with E-state index >= 15 is 0 Å². The van der Waals surface area contributed by atoms with Gasteiger partial charge in [-0.1, -0.05) is 35.8 Å². The highest BCUT2D eigenvalue weighted by molar-refractivity contribution is 9.10. The van der Waals surface area contributed by atoms with E-state index in [1.165, 1.54) is 10.5 Å². The van der Waals surface area contributed by atoms with Crippen LogP contribution in [0.1, 0.15) is 26.3 Å². The molecule has 0 spiro atoms. The van der Waals surface area contributed by atoms with Gasteiger partial charge in [0.25, 0.3) is 0 Å². The number of rotatable bonds is 4. The number of hydrogen-bond donors (Lipinski definition) is 1. The van der Waals surface area contributed by atoms with Gasteiger partial charge in [0.05, 0.1) is 0 Å². The van der Waals surface area contributed by atoms with Crippen molar-refractivity contribution in [3.05, 3.63) is 28.2 Å². The average Bonchev–Trinajstić information content (AvgIpc) is 2.08. The quantitative estimate of drug-likeness (QED) is 0.852. The Morgan fingerprint density at radius 2 is 2.00 bits per heavy atom. The van der Waals surface area contributed by atoms with Crippen LogP contribution >= 0.6 is 27.7 Å². The van der Waals surface area contributed by atoms with Gasteiger partial charge in [0.1, 0.15) is 0 Å². The SMILES string of the molecule is CC(N)Cc1ccc(Br)cc1SC(C)C. The van der Waals surface area contributed by atoms with Crippen LogP contribution in [0.3, 0.4) is 0 Å². The van der Waals surface area contributed by atoms with Gasteiger partial charge in [-0.3, -0.25) is 0 Å². The van der Waals surface area contributed by atoms with Crippen molar-refractivity contribution in [2.75, 3.05) is 0 Å². The second-order valence-corrected chi connectivity index (χ2v) is 6.63. The van der Waals surface area contributed by atoms with Gasteiger partial charge in [-0.2, -0.15) is 0 Å². The predicted octanol–water partition coefficient (Wildman–Crippen LogP) is 3.84. The van der Waals surface area contributed by atoms with E-state index < -0.39 is 0 Å². The van der Waals surface area contributed by atoms with Gasteiger partial charge in [-0.25, -0.2) is 0 Å². The number of nitrogens with two attached hydrogens (primary N) is 1. The molecule has 0 aromatic heterocycles. The van der Waals surface area contributed by atoms with Crippen molar-refractivity contribution in [2.24, 2.45) is 5.73 Å². The van der Waals surface area contributed by atoms with Gasteiger partial charge in [-0.15, -0.1) is 11.8 Å². The summed E-state index contributed by atoms with van der Waals surface area (Å²) in [5, 5.41) is 0.603. The van der Waals surface area contributed by atoms with E-state index in [1.807, 2.05) is 18.7 Å². The highest BCUT2D eigenvalue weighted by atomic mass is 79.9. The highest BCUT2D eigenvalue weighted by Gasteiger charge is 2.07. The monoisotopic (exact) mass is 287 g/mol. The Kier molecular flexibility index (Phi) is 5.16. The molecule has 1 atom stereocenters. The van der Waals surface area contributed by atoms with Crippen molar-refractivity contribution in [3.63, 3.8) is 0 Å². The first-order chi connectivity index (χ1) is 6.99. The molecule has 0 saturated heterocycles. The van der Waals surface area contributed by atoms with Gasteiger partial charge in [0, 0.05) is 20.7 Å². The third-order valence-electron chi connectivity index (χ3n) is 1.93. The second kappa shape index (κ2) is 5.92. The molecule has 0 fully saturated rings. The van der Waals surface area contributed by atoms with E-state index in [9.17, 15) is 0 Å². The summed E-state index contributed by atoms with van der Waals surface area (Å²) in [6.45, 7) is 6.47. The maximum Gasteiger partial charge on any atom is 0.0186 e. The number of halogens is 1. The Morgan fingerprint density at radius 1 is 1.33 bits per heavy atom. The molecule has 0 heterocycles. The first-order valence-corrected chi connectivity index (χ1v) is 6.87. The molecule has 1 unspecified atom stereocenters. The zero-order valence-corrected chi connectivity index (χ0v) is 11.9. The molecule has 0 radical (unpaired) electrons. The molecule has 3 heteroatoms. The fraction of sp³-hybridized carbons (Fsp3) is 0.500. The van der Waals surface area contributed by atoms with Crippen molar-refractivity contribution >= 4 is 27.7 Å². The summed E-state index contributed by atoms with van der Waals surface area (Å²) in [5.74, 6) is 0. The molecule has 0 aliphatic carbocycles.